The standard InChI is InChI=1S/C21H17N5O4S/c22-25-20(27)13-9-11-14(12-10-13)31(29,30)26-18-8-4-1-5-15(18)19-23-17-7-3-2-6-16(17)21(28)24-19/h1-12,26H,22H2,(H,25,27)(H,23,24,28). The summed E-state index contributed by atoms with van der Waals surface area (Å²) in [5.41, 5.74) is 3.02. The monoisotopic (exact) mass is 435 g/mol. The Hall–Kier alpha value is -4.02. The number of carbonyl (C=O) groups excluding carboxylic acids is 1. The van der Waals surface area contributed by atoms with E-state index < -0.39 is 15.9 Å². The minimum Gasteiger partial charge on any atom is -0.306 e. The van der Waals surface area contributed by atoms with Crippen LogP contribution < -0.4 is 21.5 Å². The van der Waals surface area contributed by atoms with Gasteiger partial charge in [-0.1, -0.05) is 24.3 Å². The predicted octanol–water partition coefficient (Wildman–Crippen LogP) is 1.99. The van der Waals surface area contributed by atoms with E-state index in [9.17, 15) is 18.0 Å². The molecule has 0 saturated heterocycles. The van der Waals surface area contributed by atoms with Gasteiger partial charge in [0.25, 0.3) is 21.5 Å². The molecule has 4 rings (SSSR count). The summed E-state index contributed by atoms with van der Waals surface area (Å²) >= 11 is 0. The van der Waals surface area contributed by atoms with E-state index in [1.807, 2.05) is 5.43 Å². The number of carbonyl (C=O) groups is 1. The summed E-state index contributed by atoms with van der Waals surface area (Å²) < 4.78 is 28.3. The van der Waals surface area contributed by atoms with E-state index in [-0.39, 0.29) is 27.5 Å². The maximum atomic E-state index is 12.9. The lowest BCUT2D eigenvalue weighted by Gasteiger charge is -2.13. The van der Waals surface area contributed by atoms with Gasteiger partial charge in [-0.2, -0.15) is 0 Å². The Morgan fingerprint density at radius 2 is 1.61 bits per heavy atom. The third-order valence-electron chi connectivity index (χ3n) is 4.60. The van der Waals surface area contributed by atoms with Gasteiger partial charge in [-0.3, -0.25) is 19.7 Å². The second-order valence-electron chi connectivity index (χ2n) is 6.58. The molecule has 5 N–H and O–H groups in total. The Bertz CT molecular complexity index is 1450. The molecule has 0 radical (unpaired) electrons. The Labute approximate surface area is 177 Å². The fourth-order valence-electron chi connectivity index (χ4n) is 3.07. The van der Waals surface area contributed by atoms with Crippen molar-refractivity contribution in [1.82, 2.24) is 15.4 Å². The molecule has 0 bridgehead atoms. The average Bonchev–Trinajstić information content (AvgIpc) is 2.78. The SMILES string of the molecule is NNC(=O)c1ccc(S(=O)(=O)Nc2ccccc2-c2nc3ccccc3c(=O)[nH]2)cc1. The minimum absolute atomic E-state index is 0.0455. The van der Waals surface area contributed by atoms with Crippen molar-refractivity contribution >= 4 is 32.5 Å². The maximum Gasteiger partial charge on any atom is 0.265 e. The molecule has 0 unspecified atom stereocenters. The highest BCUT2D eigenvalue weighted by atomic mass is 32.2. The van der Waals surface area contributed by atoms with E-state index in [2.05, 4.69) is 14.7 Å². The van der Waals surface area contributed by atoms with Crippen molar-refractivity contribution in [2.75, 3.05) is 4.72 Å². The molecule has 0 aliphatic rings. The number of sulfonamides is 1. The molecule has 0 aliphatic heterocycles. The number of hydrogen-bond acceptors (Lipinski definition) is 6. The van der Waals surface area contributed by atoms with Gasteiger partial charge < -0.3 is 4.98 Å². The molecule has 1 heterocycles. The van der Waals surface area contributed by atoms with Crippen molar-refractivity contribution in [3.05, 3.63) is 88.7 Å². The number of H-pyrrole nitrogens is 1. The number of nitrogens with two attached hydrogens (primary N) is 1. The van der Waals surface area contributed by atoms with Crippen molar-refractivity contribution in [3.8, 4) is 11.4 Å². The number of hydrogen-bond donors (Lipinski definition) is 4. The summed E-state index contributed by atoms with van der Waals surface area (Å²) in [6.45, 7) is 0. The van der Waals surface area contributed by atoms with Gasteiger partial charge in [0.05, 0.1) is 21.5 Å². The first-order valence-corrected chi connectivity index (χ1v) is 10.6. The van der Waals surface area contributed by atoms with Crippen molar-refractivity contribution in [3.63, 3.8) is 0 Å². The van der Waals surface area contributed by atoms with Crippen LogP contribution in [0.2, 0.25) is 0 Å². The second-order valence-corrected chi connectivity index (χ2v) is 8.26. The third kappa shape index (κ3) is 4.02. The highest BCUT2D eigenvalue weighted by Crippen LogP contribution is 2.27. The Morgan fingerprint density at radius 3 is 2.35 bits per heavy atom. The van der Waals surface area contributed by atoms with Crippen LogP contribution in [0.15, 0.2) is 82.5 Å². The number of hydrazine groups is 1. The van der Waals surface area contributed by atoms with E-state index >= 15 is 0 Å². The van der Waals surface area contributed by atoms with E-state index in [1.54, 1.807) is 48.5 Å². The minimum atomic E-state index is -3.98. The van der Waals surface area contributed by atoms with Crippen LogP contribution >= 0.6 is 0 Å². The molecule has 0 aliphatic carbocycles. The lowest BCUT2D eigenvalue weighted by molar-refractivity contribution is 0.0953. The number of aromatic nitrogens is 2. The zero-order valence-electron chi connectivity index (χ0n) is 16.0. The van der Waals surface area contributed by atoms with Crippen LogP contribution in [0.1, 0.15) is 10.4 Å². The first-order valence-electron chi connectivity index (χ1n) is 9.11. The van der Waals surface area contributed by atoms with E-state index in [4.69, 9.17) is 5.84 Å². The van der Waals surface area contributed by atoms with Crippen LogP contribution in [-0.2, 0) is 10.0 Å². The van der Waals surface area contributed by atoms with Gasteiger partial charge in [0.15, 0.2) is 0 Å². The number of para-hydroxylation sites is 2. The number of amides is 1. The van der Waals surface area contributed by atoms with Gasteiger partial charge in [0.1, 0.15) is 5.82 Å². The summed E-state index contributed by atoms with van der Waals surface area (Å²) in [7, 11) is -3.98. The van der Waals surface area contributed by atoms with Gasteiger partial charge in [-0.25, -0.2) is 19.2 Å². The number of benzene rings is 3. The normalized spacial score (nSPS) is 11.3. The third-order valence-corrected chi connectivity index (χ3v) is 5.98. The van der Waals surface area contributed by atoms with Crippen molar-refractivity contribution in [2.45, 2.75) is 4.90 Å². The van der Waals surface area contributed by atoms with Crippen molar-refractivity contribution in [2.24, 2.45) is 5.84 Å². The Morgan fingerprint density at radius 1 is 0.935 bits per heavy atom. The second kappa shape index (κ2) is 8.01. The van der Waals surface area contributed by atoms with E-state index in [0.717, 1.165) is 0 Å². The topological polar surface area (TPSA) is 147 Å². The van der Waals surface area contributed by atoms with Gasteiger partial charge in [0.2, 0.25) is 0 Å². The first kappa shape index (κ1) is 20.3. The molecule has 4 aromatic rings. The molecule has 0 fully saturated rings. The van der Waals surface area contributed by atoms with Gasteiger partial charge >= 0.3 is 0 Å². The molecule has 10 heteroatoms. The molecule has 31 heavy (non-hydrogen) atoms. The molecular formula is C21H17N5O4S. The summed E-state index contributed by atoms with van der Waals surface area (Å²) in [5.74, 6) is 4.79. The number of fused-ring (bicyclic) bond motifs is 1. The zero-order valence-corrected chi connectivity index (χ0v) is 16.8. The van der Waals surface area contributed by atoms with Crippen molar-refractivity contribution < 1.29 is 13.2 Å². The first-order chi connectivity index (χ1) is 14.9. The number of nitrogens with one attached hydrogen (secondary N) is 3. The molecular weight excluding hydrogens is 418 g/mol. The van der Waals surface area contributed by atoms with Gasteiger partial charge in [-0.15, -0.1) is 0 Å². The Balaban J connectivity index is 1.73. The smallest absolute Gasteiger partial charge is 0.265 e. The molecule has 9 nitrogen and oxygen atoms in total. The molecule has 1 amide bonds. The lowest BCUT2D eigenvalue weighted by atomic mass is 10.1. The fourth-order valence-corrected chi connectivity index (χ4v) is 4.14. The van der Waals surface area contributed by atoms with Crippen LogP contribution in [0.5, 0.6) is 0 Å². The molecule has 0 spiro atoms. The fraction of sp³-hybridized carbons (Fsp3) is 0. The summed E-state index contributed by atoms with van der Waals surface area (Å²) in [5, 5.41) is 0.436. The predicted molar refractivity (Wildman–Crippen MR) is 117 cm³/mol. The largest absolute Gasteiger partial charge is 0.306 e. The molecule has 156 valence electrons. The van der Waals surface area contributed by atoms with E-state index in [0.29, 0.717) is 16.5 Å². The van der Waals surface area contributed by atoms with Gasteiger partial charge in [0, 0.05) is 11.1 Å². The number of anilines is 1. The number of nitrogens with zero attached hydrogens (tertiary/aromatic N) is 1. The number of rotatable bonds is 5. The summed E-state index contributed by atoms with van der Waals surface area (Å²) in [6, 6.07) is 18.8. The number of nitrogen functional groups attached to an aromatic ring is 1. The highest BCUT2D eigenvalue weighted by Gasteiger charge is 2.18. The summed E-state index contributed by atoms with van der Waals surface area (Å²) in [4.78, 5) is 31.1. The molecule has 0 atom stereocenters. The Kier molecular flexibility index (Phi) is 5.24. The molecule has 3 aromatic carbocycles. The van der Waals surface area contributed by atoms with E-state index in [1.165, 1.54) is 24.3 Å². The van der Waals surface area contributed by atoms with Crippen LogP contribution in [-0.4, -0.2) is 24.3 Å². The number of aromatic amines is 1. The summed E-state index contributed by atoms with van der Waals surface area (Å²) in [6.07, 6.45) is 0. The van der Waals surface area contributed by atoms with Crippen LogP contribution in [0, 0.1) is 0 Å². The zero-order chi connectivity index (χ0) is 22.0. The van der Waals surface area contributed by atoms with Crippen LogP contribution in [0.3, 0.4) is 0 Å². The van der Waals surface area contributed by atoms with Crippen LogP contribution in [0.4, 0.5) is 5.69 Å². The molecule has 0 saturated carbocycles. The quantitative estimate of drug-likeness (QED) is 0.214. The lowest BCUT2D eigenvalue weighted by Crippen LogP contribution is -2.29. The van der Waals surface area contributed by atoms with Crippen molar-refractivity contribution in [1.29, 1.82) is 0 Å². The van der Waals surface area contributed by atoms with Crippen LogP contribution in [0.25, 0.3) is 22.3 Å². The highest BCUT2D eigenvalue weighted by molar-refractivity contribution is 7.92. The molecule has 1 aromatic heterocycles. The van der Waals surface area contributed by atoms with Gasteiger partial charge in [-0.05, 0) is 48.5 Å². The average molecular weight is 435 g/mol. The maximum absolute atomic E-state index is 12.9.